The van der Waals surface area contributed by atoms with Gasteiger partial charge < -0.3 is 10.6 Å². The molecule has 0 radical (unpaired) electrons. The van der Waals surface area contributed by atoms with Crippen LogP contribution in [0.3, 0.4) is 0 Å². The summed E-state index contributed by atoms with van der Waals surface area (Å²) in [6, 6.07) is 1.20. The molecule has 0 fully saturated rings. The average Bonchev–Trinajstić information content (AvgIpc) is 2.89. The van der Waals surface area contributed by atoms with E-state index in [0.717, 1.165) is 16.1 Å². The molecule has 2 heterocycles. The highest BCUT2D eigenvalue weighted by Gasteiger charge is 2.17. The van der Waals surface area contributed by atoms with E-state index in [1.807, 2.05) is 6.92 Å². The van der Waals surface area contributed by atoms with Crippen molar-refractivity contribution in [1.29, 1.82) is 0 Å². The Balaban J connectivity index is 2.17. The van der Waals surface area contributed by atoms with Crippen LogP contribution in [-0.2, 0) is 6.54 Å². The number of rotatable bonds is 5. The van der Waals surface area contributed by atoms with E-state index >= 15 is 0 Å². The molecule has 2 rings (SSSR count). The Labute approximate surface area is 124 Å². The summed E-state index contributed by atoms with van der Waals surface area (Å²) in [4.78, 5) is 31.4. The van der Waals surface area contributed by atoms with Crippen molar-refractivity contribution in [2.45, 2.75) is 13.5 Å². The van der Waals surface area contributed by atoms with Gasteiger partial charge in [-0.05, 0) is 6.92 Å². The number of hydrogen-bond acceptors (Lipinski definition) is 7. The van der Waals surface area contributed by atoms with E-state index in [1.54, 1.807) is 13.2 Å². The minimum atomic E-state index is -0.590. The van der Waals surface area contributed by atoms with Crippen LogP contribution < -0.4 is 10.6 Å². The number of hydrogen-bond donors (Lipinski definition) is 2. The van der Waals surface area contributed by atoms with Crippen molar-refractivity contribution >= 4 is 28.7 Å². The monoisotopic (exact) mass is 307 g/mol. The first-order chi connectivity index (χ1) is 10.0. The van der Waals surface area contributed by atoms with Gasteiger partial charge in [0.1, 0.15) is 17.0 Å². The normalized spacial score (nSPS) is 10.2. The lowest BCUT2D eigenvalue weighted by atomic mass is 10.2. The fraction of sp³-hybridized carbons (Fsp3) is 0.250. The van der Waals surface area contributed by atoms with Crippen LogP contribution in [0.2, 0.25) is 0 Å². The zero-order valence-corrected chi connectivity index (χ0v) is 12.2. The van der Waals surface area contributed by atoms with E-state index in [1.165, 1.54) is 17.4 Å². The molecule has 0 aliphatic carbocycles. The molecule has 9 heteroatoms. The Morgan fingerprint density at radius 3 is 2.76 bits per heavy atom. The van der Waals surface area contributed by atoms with Gasteiger partial charge in [0.25, 0.3) is 11.6 Å². The molecule has 0 saturated heterocycles. The lowest BCUT2D eigenvalue weighted by Gasteiger charge is -2.07. The van der Waals surface area contributed by atoms with Gasteiger partial charge in [0.05, 0.1) is 17.0 Å². The smallest absolute Gasteiger partial charge is 0.288 e. The van der Waals surface area contributed by atoms with Gasteiger partial charge in [0.15, 0.2) is 0 Å². The summed E-state index contributed by atoms with van der Waals surface area (Å²) < 4.78 is 0. The number of aromatic nitrogens is 2. The highest BCUT2D eigenvalue weighted by atomic mass is 32.1. The number of amides is 1. The Morgan fingerprint density at radius 1 is 1.43 bits per heavy atom. The second-order valence-corrected chi connectivity index (χ2v) is 5.46. The van der Waals surface area contributed by atoms with E-state index in [9.17, 15) is 14.9 Å². The summed E-state index contributed by atoms with van der Waals surface area (Å²) >= 11 is 1.48. The molecule has 0 spiro atoms. The van der Waals surface area contributed by atoms with Crippen LogP contribution in [0.1, 0.15) is 20.2 Å². The van der Waals surface area contributed by atoms with Gasteiger partial charge in [-0.25, -0.2) is 9.97 Å². The number of nitrogens with zero attached hydrogens (tertiary/aromatic N) is 3. The van der Waals surface area contributed by atoms with Crippen molar-refractivity contribution in [1.82, 2.24) is 15.3 Å². The number of nitro groups is 1. The standard InChI is InChI=1S/C12H13N5O3S/c1-7-4-14-10(21-7)6-16-12(18)9-3-8(17(19)20)5-15-11(9)13-2/h3-5H,6H2,1-2H3,(H,13,15)(H,16,18). The maximum Gasteiger partial charge on any atom is 0.288 e. The van der Waals surface area contributed by atoms with E-state index in [0.29, 0.717) is 0 Å². The quantitative estimate of drug-likeness (QED) is 0.643. The number of anilines is 1. The summed E-state index contributed by atoms with van der Waals surface area (Å²) in [6.45, 7) is 2.19. The summed E-state index contributed by atoms with van der Waals surface area (Å²) in [5, 5.41) is 16.9. The van der Waals surface area contributed by atoms with Gasteiger partial charge in [0, 0.05) is 24.2 Å². The molecule has 0 saturated carbocycles. The lowest BCUT2D eigenvalue weighted by Crippen LogP contribution is -2.24. The molecule has 0 bridgehead atoms. The molecule has 0 aliphatic heterocycles. The van der Waals surface area contributed by atoms with Crippen molar-refractivity contribution in [3.05, 3.63) is 44.0 Å². The predicted molar refractivity (Wildman–Crippen MR) is 78.5 cm³/mol. The first-order valence-corrected chi connectivity index (χ1v) is 6.84. The van der Waals surface area contributed by atoms with Crippen LogP contribution in [0.15, 0.2) is 18.5 Å². The van der Waals surface area contributed by atoms with E-state index in [4.69, 9.17) is 0 Å². The molecule has 1 amide bonds. The second-order valence-electron chi connectivity index (χ2n) is 4.14. The molecule has 2 aromatic rings. The van der Waals surface area contributed by atoms with Gasteiger partial charge >= 0.3 is 0 Å². The minimum Gasteiger partial charge on any atom is -0.372 e. The molecule has 2 aromatic heterocycles. The maximum atomic E-state index is 12.1. The topological polar surface area (TPSA) is 110 Å². The molecule has 0 atom stereocenters. The number of carbonyl (C=O) groups is 1. The number of thiazole rings is 1. The molecular weight excluding hydrogens is 294 g/mol. The third-order valence-corrected chi connectivity index (χ3v) is 3.55. The lowest BCUT2D eigenvalue weighted by molar-refractivity contribution is -0.385. The number of pyridine rings is 1. The van der Waals surface area contributed by atoms with E-state index in [-0.39, 0.29) is 23.6 Å². The Bertz CT molecular complexity index is 685. The second kappa shape index (κ2) is 6.27. The van der Waals surface area contributed by atoms with E-state index in [2.05, 4.69) is 20.6 Å². The van der Waals surface area contributed by atoms with Crippen molar-refractivity contribution in [3.8, 4) is 0 Å². The van der Waals surface area contributed by atoms with Gasteiger partial charge in [-0.3, -0.25) is 14.9 Å². The van der Waals surface area contributed by atoms with Gasteiger partial charge in [-0.2, -0.15) is 0 Å². The van der Waals surface area contributed by atoms with Gasteiger partial charge in [-0.15, -0.1) is 11.3 Å². The Hall–Kier alpha value is -2.55. The highest BCUT2D eigenvalue weighted by Crippen LogP contribution is 2.19. The molecule has 0 aromatic carbocycles. The first kappa shape index (κ1) is 14.9. The SMILES string of the molecule is CNc1ncc([N+](=O)[O-])cc1C(=O)NCc1ncc(C)s1. The van der Waals surface area contributed by atoms with Crippen molar-refractivity contribution in [2.75, 3.05) is 12.4 Å². The third kappa shape index (κ3) is 3.51. The highest BCUT2D eigenvalue weighted by molar-refractivity contribution is 7.11. The molecule has 110 valence electrons. The Kier molecular flexibility index (Phi) is 4.43. The van der Waals surface area contributed by atoms with Crippen LogP contribution in [0.5, 0.6) is 0 Å². The molecule has 8 nitrogen and oxygen atoms in total. The van der Waals surface area contributed by atoms with Gasteiger partial charge in [0.2, 0.25) is 0 Å². The number of aryl methyl sites for hydroxylation is 1. The van der Waals surface area contributed by atoms with Crippen molar-refractivity contribution in [2.24, 2.45) is 0 Å². The van der Waals surface area contributed by atoms with Gasteiger partial charge in [-0.1, -0.05) is 0 Å². The fourth-order valence-electron chi connectivity index (χ4n) is 1.66. The van der Waals surface area contributed by atoms with Crippen molar-refractivity contribution in [3.63, 3.8) is 0 Å². The van der Waals surface area contributed by atoms with Crippen molar-refractivity contribution < 1.29 is 9.72 Å². The molecular formula is C12H13N5O3S. The predicted octanol–water partition coefficient (Wildman–Crippen LogP) is 1.73. The minimum absolute atomic E-state index is 0.125. The number of carbonyl (C=O) groups excluding carboxylic acids is 1. The van der Waals surface area contributed by atoms with Crippen LogP contribution in [0, 0.1) is 17.0 Å². The van der Waals surface area contributed by atoms with Crippen LogP contribution in [0.25, 0.3) is 0 Å². The van der Waals surface area contributed by atoms with Crippen LogP contribution in [-0.4, -0.2) is 27.8 Å². The fourth-order valence-corrected chi connectivity index (χ4v) is 2.39. The molecule has 21 heavy (non-hydrogen) atoms. The number of nitrogens with one attached hydrogen (secondary N) is 2. The largest absolute Gasteiger partial charge is 0.372 e. The van der Waals surface area contributed by atoms with Crippen LogP contribution >= 0.6 is 11.3 Å². The Morgan fingerprint density at radius 2 is 2.19 bits per heavy atom. The summed E-state index contributed by atoms with van der Waals surface area (Å²) in [6.07, 6.45) is 2.83. The maximum absolute atomic E-state index is 12.1. The average molecular weight is 307 g/mol. The summed E-state index contributed by atoms with van der Waals surface area (Å²) in [5.74, 6) is -0.156. The van der Waals surface area contributed by atoms with E-state index < -0.39 is 10.8 Å². The summed E-state index contributed by atoms with van der Waals surface area (Å²) in [5.41, 5.74) is -0.107. The summed E-state index contributed by atoms with van der Waals surface area (Å²) in [7, 11) is 1.59. The first-order valence-electron chi connectivity index (χ1n) is 6.03. The van der Waals surface area contributed by atoms with Crippen LogP contribution in [0.4, 0.5) is 11.5 Å². The molecule has 0 unspecified atom stereocenters. The third-order valence-electron chi connectivity index (χ3n) is 2.63. The zero-order valence-electron chi connectivity index (χ0n) is 11.4. The zero-order chi connectivity index (χ0) is 15.4. The molecule has 2 N–H and O–H groups in total. The molecule has 0 aliphatic rings.